The molecule has 9 heteroatoms. The molecule has 1 saturated carbocycles. The van der Waals surface area contributed by atoms with Crippen LogP contribution in [0.1, 0.15) is 36.8 Å². The van der Waals surface area contributed by atoms with E-state index in [4.69, 9.17) is 5.73 Å². The Morgan fingerprint density at radius 3 is 2.91 bits per heavy atom. The van der Waals surface area contributed by atoms with Gasteiger partial charge in [0.25, 0.3) is 0 Å². The summed E-state index contributed by atoms with van der Waals surface area (Å²) >= 11 is 1.81. The molecule has 32 heavy (non-hydrogen) atoms. The van der Waals surface area contributed by atoms with E-state index in [2.05, 4.69) is 56.1 Å². The largest absolute Gasteiger partial charge is 0.370 e. The number of benzene rings is 1. The van der Waals surface area contributed by atoms with E-state index in [1.807, 2.05) is 17.8 Å². The first kappa shape index (κ1) is 20.9. The normalized spacial score (nSPS) is 18.5. The number of hydrogen-bond donors (Lipinski definition) is 3. The summed E-state index contributed by atoms with van der Waals surface area (Å²) in [5.41, 5.74) is 10.8. The molecule has 3 heterocycles. The predicted molar refractivity (Wildman–Crippen MR) is 131 cm³/mol. The fourth-order valence-corrected chi connectivity index (χ4v) is 4.81. The highest BCUT2D eigenvalue weighted by Gasteiger charge is 2.23. The lowest BCUT2D eigenvalue weighted by molar-refractivity contribution is 0.505. The van der Waals surface area contributed by atoms with Crippen molar-refractivity contribution in [3.8, 4) is 6.07 Å². The zero-order chi connectivity index (χ0) is 22.1. The molecule has 0 bridgehead atoms. The number of fused-ring (bicyclic) bond motifs is 1. The number of hydrogen-bond acceptors (Lipinski definition) is 8. The minimum atomic E-state index is 0.238. The number of nitriles is 1. The van der Waals surface area contributed by atoms with Gasteiger partial charge in [-0.2, -0.15) is 26.6 Å². The Labute approximate surface area is 192 Å². The topological polar surface area (TPSA) is 107 Å². The van der Waals surface area contributed by atoms with E-state index in [0.29, 0.717) is 23.1 Å². The Hall–Kier alpha value is -2.96. The van der Waals surface area contributed by atoms with Crippen LogP contribution in [-0.4, -0.2) is 46.0 Å². The molecule has 4 N–H and O–H groups in total. The molecule has 1 atom stereocenters. The first-order valence-electron chi connectivity index (χ1n) is 11.1. The van der Waals surface area contributed by atoms with E-state index in [1.54, 1.807) is 10.7 Å². The molecule has 3 aromatic rings. The maximum Gasteiger partial charge on any atom is 0.177 e. The van der Waals surface area contributed by atoms with Crippen LogP contribution >= 0.6 is 11.8 Å². The minimum absolute atomic E-state index is 0.238. The van der Waals surface area contributed by atoms with Gasteiger partial charge in [0, 0.05) is 48.4 Å². The standard InChI is InChI=1S/C23H28N8S/c1-32-14-15-9-19(6-7-20(15)30-8-2-3-17(25)13-30)27-21-10-22(28-18-4-5-18)31-23(29-21)16(11-24)12-26-31/h6-7,9-10,12,17-18,28H,2-5,8,13-14,25H2,1H3,(H,27,29)/t17-/m1/s1. The van der Waals surface area contributed by atoms with Crippen molar-refractivity contribution >= 4 is 40.4 Å². The number of nitrogens with zero attached hydrogens (tertiary/aromatic N) is 5. The molecule has 8 nitrogen and oxygen atoms in total. The number of anilines is 4. The monoisotopic (exact) mass is 448 g/mol. The van der Waals surface area contributed by atoms with Crippen molar-refractivity contribution < 1.29 is 0 Å². The first-order valence-corrected chi connectivity index (χ1v) is 12.5. The molecule has 0 radical (unpaired) electrons. The second kappa shape index (κ2) is 8.88. The van der Waals surface area contributed by atoms with Gasteiger partial charge in [-0.3, -0.25) is 0 Å². The second-order valence-corrected chi connectivity index (χ2v) is 9.47. The fourth-order valence-electron chi connectivity index (χ4n) is 4.26. The summed E-state index contributed by atoms with van der Waals surface area (Å²) in [5.74, 6) is 2.48. The van der Waals surface area contributed by atoms with Gasteiger partial charge in [0.2, 0.25) is 0 Å². The molecular formula is C23H28N8S. The van der Waals surface area contributed by atoms with Crippen molar-refractivity contribution in [3.05, 3.63) is 41.6 Å². The Bertz CT molecular complexity index is 1160. The van der Waals surface area contributed by atoms with Crippen LogP contribution in [0.4, 0.5) is 23.0 Å². The third-order valence-electron chi connectivity index (χ3n) is 5.97. The lowest BCUT2D eigenvalue weighted by atomic mass is 10.0. The molecule has 0 spiro atoms. The summed E-state index contributed by atoms with van der Waals surface area (Å²) < 4.78 is 1.71. The van der Waals surface area contributed by atoms with Gasteiger partial charge >= 0.3 is 0 Å². The Kier molecular flexibility index (Phi) is 5.81. The lowest BCUT2D eigenvalue weighted by Gasteiger charge is -2.34. The van der Waals surface area contributed by atoms with Crippen LogP contribution in [0.25, 0.3) is 5.65 Å². The number of rotatable bonds is 7. The maximum absolute atomic E-state index is 9.46. The molecule has 2 aliphatic rings. The molecule has 0 amide bonds. The second-order valence-electron chi connectivity index (χ2n) is 8.60. The summed E-state index contributed by atoms with van der Waals surface area (Å²) in [6.07, 6.45) is 8.22. The van der Waals surface area contributed by atoms with Crippen LogP contribution < -0.4 is 21.3 Å². The zero-order valence-electron chi connectivity index (χ0n) is 18.2. The third-order valence-corrected chi connectivity index (χ3v) is 6.57. The maximum atomic E-state index is 9.46. The molecule has 2 fully saturated rings. The summed E-state index contributed by atoms with van der Waals surface area (Å²) in [4.78, 5) is 7.10. The highest BCUT2D eigenvalue weighted by Crippen LogP contribution is 2.32. The van der Waals surface area contributed by atoms with Gasteiger partial charge < -0.3 is 21.3 Å². The Balaban J connectivity index is 1.46. The molecule has 1 saturated heterocycles. The lowest BCUT2D eigenvalue weighted by Crippen LogP contribution is -2.43. The van der Waals surface area contributed by atoms with Crippen molar-refractivity contribution in [2.45, 2.75) is 43.5 Å². The highest BCUT2D eigenvalue weighted by molar-refractivity contribution is 7.97. The van der Waals surface area contributed by atoms with Crippen molar-refractivity contribution in [3.63, 3.8) is 0 Å². The number of thioether (sulfide) groups is 1. The van der Waals surface area contributed by atoms with E-state index in [1.165, 1.54) is 11.3 Å². The van der Waals surface area contributed by atoms with Crippen LogP contribution in [-0.2, 0) is 5.75 Å². The highest BCUT2D eigenvalue weighted by atomic mass is 32.2. The SMILES string of the molecule is CSCc1cc(Nc2cc(NC3CC3)n3ncc(C#N)c3n2)ccc1N1CCC[C@@H](N)C1. The van der Waals surface area contributed by atoms with Crippen molar-refractivity contribution in [2.24, 2.45) is 5.73 Å². The van der Waals surface area contributed by atoms with Crippen LogP contribution in [0, 0.1) is 11.3 Å². The van der Waals surface area contributed by atoms with Crippen molar-refractivity contribution in [2.75, 3.05) is 34.9 Å². The zero-order valence-corrected chi connectivity index (χ0v) is 19.0. The average molecular weight is 449 g/mol. The summed E-state index contributed by atoms with van der Waals surface area (Å²) in [7, 11) is 0. The van der Waals surface area contributed by atoms with Crippen LogP contribution in [0.5, 0.6) is 0 Å². The average Bonchev–Trinajstić information content (AvgIpc) is 3.50. The number of piperidine rings is 1. The van der Waals surface area contributed by atoms with Gasteiger partial charge in [-0.15, -0.1) is 0 Å². The van der Waals surface area contributed by atoms with Gasteiger partial charge in [0.15, 0.2) is 5.65 Å². The van der Waals surface area contributed by atoms with E-state index in [0.717, 1.165) is 56.0 Å². The summed E-state index contributed by atoms with van der Waals surface area (Å²) in [5, 5.41) is 20.8. The number of nitrogens with one attached hydrogen (secondary N) is 2. The molecule has 0 unspecified atom stereocenters. The molecule has 1 aliphatic heterocycles. The smallest absolute Gasteiger partial charge is 0.177 e. The summed E-state index contributed by atoms with van der Waals surface area (Å²) in [6, 6.07) is 11.3. The quantitative estimate of drug-likeness (QED) is 0.502. The van der Waals surface area contributed by atoms with E-state index in [9.17, 15) is 5.26 Å². The number of nitrogens with two attached hydrogens (primary N) is 1. The van der Waals surface area contributed by atoms with Crippen molar-refractivity contribution in [1.82, 2.24) is 14.6 Å². The van der Waals surface area contributed by atoms with Gasteiger partial charge in [-0.25, -0.2) is 4.98 Å². The molecule has 2 aromatic heterocycles. The van der Waals surface area contributed by atoms with E-state index in [-0.39, 0.29) is 6.04 Å². The molecule has 1 aliphatic carbocycles. The van der Waals surface area contributed by atoms with E-state index < -0.39 is 0 Å². The van der Waals surface area contributed by atoms with Crippen molar-refractivity contribution in [1.29, 1.82) is 5.26 Å². The predicted octanol–water partition coefficient (Wildman–Crippen LogP) is 3.71. The van der Waals surface area contributed by atoms with Gasteiger partial charge in [-0.05, 0) is 55.7 Å². The van der Waals surface area contributed by atoms with Gasteiger partial charge in [-0.1, -0.05) is 0 Å². The minimum Gasteiger partial charge on any atom is -0.370 e. The van der Waals surface area contributed by atoms with Crippen LogP contribution in [0.3, 0.4) is 0 Å². The van der Waals surface area contributed by atoms with Gasteiger partial charge in [0.05, 0.1) is 6.20 Å². The van der Waals surface area contributed by atoms with Gasteiger partial charge in [0.1, 0.15) is 23.3 Å². The third kappa shape index (κ3) is 4.33. The van der Waals surface area contributed by atoms with Crippen LogP contribution in [0.15, 0.2) is 30.5 Å². The fraction of sp³-hybridized carbons (Fsp3) is 0.435. The molecular weight excluding hydrogens is 420 g/mol. The van der Waals surface area contributed by atoms with Crippen LogP contribution in [0.2, 0.25) is 0 Å². The number of aromatic nitrogens is 3. The Morgan fingerprint density at radius 2 is 2.16 bits per heavy atom. The first-order chi connectivity index (χ1) is 15.6. The Morgan fingerprint density at radius 1 is 1.28 bits per heavy atom. The molecule has 5 rings (SSSR count). The molecule has 166 valence electrons. The summed E-state index contributed by atoms with van der Waals surface area (Å²) in [6.45, 7) is 1.95. The molecule has 1 aromatic carbocycles. The van der Waals surface area contributed by atoms with E-state index >= 15 is 0 Å².